The van der Waals surface area contributed by atoms with Crippen molar-refractivity contribution in [2.45, 2.75) is 56.5 Å². The fourth-order valence-corrected chi connectivity index (χ4v) is 7.98. The molecule has 4 bridgehead atoms. The third-order valence-electron chi connectivity index (χ3n) is 8.82. The molecule has 2 unspecified atom stereocenters. The second-order valence-corrected chi connectivity index (χ2v) is 10.3. The highest BCUT2D eigenvalue weighted by Gasteiger charge is 2.63. The van der Waals surface area contributed by atoms with Crippen molar-refractivity contribution in [2.24, 2.45) is 23.2 Å². The number of nitrogens with zero attached hydrogens (tertiary/aromatic N) is 2. The van der Waals surface area contributed by atoms with Crippen LogP contribution in [0.4, 0.5) is 9.18 Å². The fraction of sp³-hybridized carbons (Fsp3) is 0.652. The van der Waals surface area contributed by atoms with Crippen LogP contribution >= 0.6 is 0 Å². The van der Waals surface area contributed by atoms with E-state index in [-0.39, 0.29) is 23.4 Å². The van der Waals surface area contributed by atoms with Gasteiger partial charge in [-0.1, -0.05) is 12.1 Å². The van der Waals surface area contributed by atoms with Crippen molar-refractivity contribution in [3.63, 3.8) is 0 Å². The summed E-state index contributed by atoms with van der Waals surface area (Å²) < 4.78 is 13.5. The highest BCUT2D eigenvalue weighted by atomic mass is 19.1. The van der Waals surface area contributed by atoms with Gasteiger partial charge in [0.25, 0.3) is 0 Å². The Hall–Kier alpha value is -2.11. The first kappa shape index (κ1) is 17.7. The predicted molar refractivity (Wildman–Crippen MR) is 104 cm³/mol. The third-order valence-corrected chi connectivity index (χ3v) is 8.82. The van der Waals surface area contributed by atoms with Crippen LogP contribution in [0.2, 0.25) is 0 Å². The summed E-state index contributed by atoms with van der Waals surface area (Å²) in [5, 5.41) is 9.91. The maximum atomic E-state index is 13.5. The number of rotatable bonds is 3. The number of amides is 2. The van der Waals surface area contributed by atoms with E-state index in [0.29, 0.717) is 37.1 Å². The van der Waals surface area contributed by atoms with Gasteiger partial charge in [0.2, 0.25) is 0 Å². The van der Waals surface area contributed by atoms with Crippen molar-refractivity contribution >= 4 is 12.0 Å². The summed E-state index contributed by atoms with van der Waals surface area (Å²) in [4.78, 5) is 29.7. The van der Waals surface area contributed by atoms with Gasteiger partial charge >= 0.3 is 12.0 Å². The van der Waals surface area contributed by atoms with Crippen LogP contribution in [0.3, 0.4) is 0 Å². The van der Waals surface area contributed by atoms with Crippen LogP contribution in [0.5, 0.6) is 0 Å². The van der Waals surface area contributed by atoms with Crippen LogP contribution in [0, 0.1) is 29.0 Å². The molecule has 6 aliphatic rings. The number of carbonyl (C=O) groups excluding carboxylic acids is 1. The lowest BCUT2D eigenvalue weighted by Crippen LogP contribution is -2.61. The molecule has 5 nitrogen and oxygen atoms in total. The molecule has 3 atom stereocenters. The predicted octanol–water partition coefficient (Wildman–Crippen LogP) is 3.83. The average molecular weight is 398 g/mol. The zero-order valence-corrected chi connectivity index (χ0v) is 16.5. The molecular formula is C23H27FN2O3. The summed E-state index contributed by atoms with van der Waals surface area (Å²) in [6.07, 6.45) is 6.25. The summed E-state index contributed by atoms with van der Waals surface area (Å²) >= 11 is 0. The molecule has 6 fully saturated rings. The first-order valence-corrected chi connectivity index (χ1v) is 11.0. The van der Waals surface area contributed by atoms with E-state index >= 15 is 0 Å². The quantitative estimate of drug-likeness (QED) is 0.842. The Labute approximate surface area is 169 Å². The smallest absolute Gasteiger partial charge is 0.321 e. The van der Waals surface area contributed by atoms with Gasteiger partial charge in [-0.2, -0.15) is 0 Å². The van der Waals surface area contributed by atoms with E-state index in [9.17, 15) is 19.1 Å². The normalized spacial score (nSPS) is 42.6. The number of carbonyl (C=O) groups is 2. The molecule has 2 amide bonds. The van der Waals surface area contributed by atoms with E-state index in [0.717, 1.165) is 44.2 Å². The molecule has 1 aromatic rings. The molecule has 4 aliphatic carbocycles. The van der Waals surface area contributed by atoms with E-state index in [1.54, 1.807) is 0 Å². The standard InChI is InChI=1S/C23H27FN2O3/c24-18-4-2-17(3-5-18)23-6-1-7-26(23)21(29)25(13-23)19-15-8-14-9-16(19)12-22(10-14,11-15)20(27)28/h2-5,14-16,19H,1,6-13H2,(H,27,28)/t14?,15?,16?,19?,22?,23-/m0/s1. The Morgan fingerprint density at radius 1 is 1.10 bits per heavy atom. The summed E-state index contributed by atoms with van der Waals surface area (Å²) in [5.74, 6) is 0.212. The van der Waals surface area contributed by atoms with E-state index < -0.39 is 11.4 Å². The number of benzene rings is 1. The lowest BCUT2D eigenvalue weighted by molar-refractivity contribution is -0.170. The van der Waals surface area contributed by atoms with Gasteiger partial charge in [0.05, 0.1) is 17.5 Å². The minimum absolute atomic E-state index is 0.105. The van der Waals surface area contributed by atoms with E-state index in [1.807, 2.05) is 17.0 Å². The second-order valence-electron chi connectivity index (χ2n) is 10.3. The minimum Gasteiger partial charge on any atom is -0.481 e. The van der Waals surface area contributed by atoms with Crippen LogP contribution in [-0.4, -0.2) is 46.0 Å². The van der Waals surface area contributed by atoms with Crippen molar-refractivity contribution in [2.75, 3.05) is 13.1 Å². The Balaban J connectivity index is 1.34. The molecular weight excluding hydrogens is 371 g/mol. The number of fused-ring (bicyclic) bond motifs is 1. The summed E-state index contributed by atoms with van der Waals surface area (Å²) in [5.41, 5.74) is 0.114. The molecule has 4 saturated carbocycles. The Morgan fingerprint density at radius 2 is 1.79 bits per heavy atom. The van der Waals surface area contributed by atoms with E-state index in [2.05, 4.69) is 4.90 Å². The molecule has 2 aliphatic heterocycles. The molecule has 7 rings (SSSR count). The maximum absolute atomic E-state index is 13.5. The van der Waals surface area contributed by atoms with Crippen molar-refractivity contribution < 1.29 is 19.1 Å². The summed E-state index contributed by atoms with van der Waals surface area (Å²) in [7, 11) is 0. The molecule has 2 saturated heterocycles. The molecule has 2 heterocycles. The largest absolute Gasteiger partial charge is 0.481 e. The van der Waals surface area contributed by atoms with Gasteiger partial charge in [0.15, 0.2) is 0 Å². The van der Waals surface area contributed by atoms with Crippen molar-refractivity contribution in [3.05, 3.63) is 35.6 Å². The highest BCUT2D eigenvalue weighted by Crippen LogP contribution is 2.62. The highest BCUT2D eigenvalue weighted by molar-refractivity contribution is 5.80. The van der Waals surface area contributed by atoms with Crippen LogP contribution < -0.4 is 0 Å². The SMILES string of the molecule is O=C1N(C2C3CC4CC2CC(C(=O)O)(C4)C3)C[C@]2(c3ccc(F)cc3)CCCN12. The number of hydrogen-bond acceptors (Lipinski definition) is 2. The number of carboxylic acids is 1. The first-order valence-electron chi connectivity index (χ1n) is 11.0. The summed E-state index contributed by atoms with van der Waals surface area (Å²) in [6.45, 7) is 1.40. The number of urea groups is 1. The van der Waals surface area contributed by atoms with Gasteiger partial charge < -0.3 is 14.9 Å². The lowest BCUT2D eigenvalue weighted by Gasteiger charge is -2.60. The van der Waals surface area contributed by atoms with Gasteiger partial charge in [0, 0.05) is 12.6 Å². The second kappa shape index (κ2) is 5.73. The van der Waals surface area contributed by atoms with Gasteiger partial charge in [-0.15, -0.1) is 0 Å². The zero-order chi connectivity index (χ0) is 20.0. The number of halogens is 1. The zero-order valence-electron chi connectivity index (χ0n) is 16.5. The molecule has 29 heavy (non-hydrogen) atoms. The van der Waals surface area contributed by atoms with Gasteiger partial charge in [-0.25, -0.2) is 9.18 Å². The average Bonchev–Trinajstić information content (AvgIpc) is 3.21. The van der Waals surface area contributed by atoms with Crippen molar-refractivity contribution in [3.8, 4) is 0 Å². The minimum atomic E-state index is -0.633. The molecule has 1 N–H and O–H groups in total. The van der Waals surface area contributed by atoms with Crippen molar-refractivity contribution in [1.29, 1.82) is 0 Å². The Morgan fingerprint density at radius 3 is 2.45 bits per heavy atom. The molecule has 154 valence electrons. The van der Waals surface area contributed by atoms with Gasteiger partial charge in [-0.3, -0.25) is 4.79 Å². The number of hydrogen-bond donors (Lipinski definition) is 1. The van der Waals surface area contributed by atoms with Crippen LogP contribution in [-0.2, 0) is 10.3 Å². The fourth-order valence-electron chi connectivity index (χ4n) is 7.98. The topological polar surface area (TPSA) is 60.9 Å². The molecule has 0 aromatic heterocycles. The Kier molecular flexibility index (Phi) is 3.50. The van der Waals surface area contributed by atoms with Crippen molar-refractivity contribution in [1.82, 2.24) is 9.80 Å². The van der Waals surface area contributed by atoms with Crippen LogP contribution in [0.25, 0.3) is 0 Å². The number of carboxylic acid groups (broad SMARTS) is 1. The maximum Gasteiger partial charge on any atom is 0.321 e. The van der Waals surface area contributed by atoms with Crippen LogP contribution in [0.1, 0.15) is 50.5 Å². The van der Waals surface area contributed by atoms with Gasteiger partial charge in [-0.05, 0) is 80.4 Å². The summed E-state index contributed by atoms with van der Waals surface area (Å²) in [6, 6.07) is 6.92. The monoisotopic (exact) mass is 398 g/mol. The third kappa shape index (κ3) is 2.26. The number of aliphatic carboxylic acids is 1. The molecule has 6 heteroatoms. The van der Waals surface area contributed by atoms with E-state index in [1.165, 1.54) is 12.1 Å². The van der Waals surface area contributed by atoms with Crippen LogP contribution in [0.15, 0.2) is 24.3 Å². The van der Waals surface area contributed by atoms with E-state index in [4.69, 9.17) is 0 Å². The first-order chi connectivity index (χ1) is 13.9. The molecule has 0 radical (unpaired) electrons. The van der Waals surface area contributed by atoms with Gasteiger partial charge in [0.1, 0.15) is 5.82 Å². The molecule has 1 aromatic carbocycles. The Bertz CT molecular complexity index is 871. The molecule has 0 spiro atoms. The lowest BCUT2D eigenvalue weighted by atomic mass is 9.47.